The Kier molecular flexibility index (Phi) is 6.00. The summed E-state index contributed by atoms with van der Waals surface area (Å²) >= 11 is 0. The zero-order valence-electron chi connectivity index (χ0n) is 11.6. The molecule has 0 amide bonds. The molecule has 0 fully saturated rings. The molecule has 0 aliphatic heterocycles. The summed E-state index contributed by atoms with van der Waals surface area (Å²) in [5, 5.41) is 0. The zero-order chi connectivity index (χ0) is 23.6. The smallest absolute Gasteiger partial charge is 0.215 e. The predicted molar refractivity (Wildman–Crippen MR) is 44.7 cm³/mol. The fourth-order valence-corrected chi connectivity index (χ4v) is 1.44. The lowest BCUT2D eigenvalue weighted by molar-refractivity contribution is -0.518. The third-order valence-electron chi connectivity index (χ3n) is 2.72. The molecule has 1 nitrogen and oxygen atoms in total. The third-order valence-corrected chi connectivity index (χ3v) is 2.72. The largest absolute Gasteiger partial charge is 0.469 e. The van der Waals surface area contributed by atoms with Crippen molar-refractivity contribution < 1.29 is 83.4 Å². The maximum absolute atomic E-state index is 13.3. The highest BCUT2D eigenvalue weighted by molar-refractivity contribution is 5.09. The van der Waals surface area contributed by atoms with Crippen LogP contribution in [-0.2, 0) is 0 Å². The lowest BCUT2D eigenvalue weighted by Crippen LogP contribution is -2.79. The minimum Gasteiger partial charge on any atom is -0.215 e. The number of nitrogens with zero attached hydrogens (tertiary/aromatic N) is 1. The molecule has 0 aromatic carbocycles. The fourth-order valence-electron chi connectivity index (χ4n) is 1.44. The van der Waals surface area contributed by atoms with Gasteiger partial charge in [0.2, 0.25) is 0 Å². The summed E-state index contributed by atoms with van der Waals surface area (Å²) in [7, 11) is 0. The molecule has 0 saturated carbocycles. The molecule has 0 N–H and O–H groups in total. The van der Waals surface area contributed by atoms with Crippen LogP contribution in [-0.4, -0.2) is 53.4 Å². The summed E-state index contributed by atoms with van der Waals surface area (Å²) in [4.78, 5) is -5.16. The second-order valence-electron chi connectivity index (χ2n) is 4.61. The van der Waals surface area contributed by atoms with Gasteiger partial charge in [0.05, 0.1) is 0 Å². The van der Waals surface area contributed by atoms with E-state index in [1.54, 1.807) is 0 Å². The van der Waals surface area contributed by atoms with Gasteiger partial charge < -0.3 is 0 Å². The van der Waals surface area contributed by atoms with Gasteiger partial charge in [-0.2, -0.15) is 79.0 Å². The molecule has 20 heteroatoms. The van der Waals surface area contributed by atoms with E-state index in [2.05, 4.69) is 0 Å². The van der Waals surface area contributed by atoms with Gasteiger partial charge in [0.15, 0.2) is 0 Å². The molecule has 170 valence electrons. The van der Waals surface area contributed by atoms with Crippen LogP contribution >= 0.6 is 0 Å². The van der Waals surface area contributed by atoms with E-state index in [-0.39, 0.29) is 0 Å². The SMILES string of the molecule is FC(F)(F)C(F)(F)N(C(F)(F)C(F)(F)F)C(F)(F)C(F)(C(F)(F)F)C(F)(F)F. The van der Waals surface area contributed by atoms with Crippen molar-refractivity contribution in [3.63, 3.8) is 0 Å². The number of rotatable bonds is 4. The second-order valence-corrected chi connectivity index (χ2v) is 4.61. The minimum atomic E-state index is -8.90. The van der Waals surface area contributed by atoms with E-state index in [0.717, 1.165) is 0 Å². The van der Waals surface area contributed by atoms with Crippen molar-refractivity contribution in [2.45, 2.75) is 48.5 Å². The third kappa shape index (κ3) is 3.62. The Labute approximate surface area is 138 Å². The van der Waals surface area contributed by atoms with Gasteiger partial charge in [0, 0.05) is 0 Å². The summed E-state index contributed by atoms with van der Waals surface area (Å²) in [5.41, 5.74) is -8.73. The summed E-state index contributed by atoms with van der Waals surface area (Å²) in [6.07, 6.45) is -32.7. The zero-order valence-corrected chi connectivity index (χ0v) is 11.6. The maximum atomic E-state index is 13.3. The number of hydrogen-bond acceptors (Lipinski definition) is 1. The van der Waals surface area contributed by atoms with Crippen LogP contribution in [0.1, 0.15) is 0 Å². The van der Waals surface area contributed by atoms with Crippen molar-refractivity contribution in [2.24, 2.45) is 0 Å². The summed E-state index contributed by atoms with van der Waals surface area (Å²) in [5.74, 6) is 0. The molecule has 0 aromatic rings. The first-order chi connectivity index (χ1) is 11.6. The summed E-state index contributed by atoms with van der Waals surface area (Å²) in [6.45, 7) is 0. The maximum Gasteiger partial charge on any atom is 0.469 e. The van der Waals surface area contributed by atoms with Crippen molar-refractivity contribution in [2.75, 3.05) is 0 Å². The van der Waals surface area contributed by atoms with E-state index in [0.29, 0.717) is 0 Å². The first-order valence-corrected chi connectivity index (χ1v) is 5.51. The van der Waals surface area contributed by atoms with Gasteiger partial charge in [0.1, 0.15) is 0 Å². The van der Waals surface area contributed by atoms with Crippen molar-refractivity contribution in [1.29, 1.82) is 0 Å². The van der Waals surface area contributed by atoms with Crippen LogP contribution in [0.2, 0.25) is 0 Å². The predicted octanol–water partition coefficient (Wildman–Crippen LogP) is 6.02. The van der Waals surface area contributed by atoms with Crippen molar-refractivity contribution in [3.05, 3.63) is 0 Å². The van der Waals surface area contributed by atoms with Crippen molar-refractivity contribution in [3.8, 4) is 0 Å². The molecule has 0 radical (unpaired) electrons. The Morgan fingerprint density at radius 1 is 0.286 bits per heavy atom. The summed E-state index contributed by atoms with van der Waals surface area (Å²) < 4.78 is 236. The first kappa shape index (κ1) is 26.6. The molecule has 0 unspecified atom stereocenters. The van der Waals surface area contributed by atoms with Crippen LogP contribution in [0.5, 0.6) is 0 Å². The second kappa shape index (κ2) is 6.31. The average molecular weight is 471 g/mol. The molecular weight excluding hydrogens is 471 g/mol. The van der Waals surface area contributed by atoms with Gasteiger partial charge >= 0.3 is 48.5 Å². The molecule has 0 atom stereocenters. The quantitative estimate of drug-likeness (QED) is 0.358. The molecular formula is C8F19N. The molecule has 0 rings (SSSR count). The lowest BCUT2D eigenvalue weighted by Gasteiger charge is -2.46. The average Bonchev–Trinajstić information content (AvgIpc) is 2.30. The minimum absolute atomic E-state index is 5.16. The Bertz CT molecular complexity index is 516. The topological polar surface area (TPSA) is 3.24 Å². The molecule has 0 saturated heterocycles. The molecule has 0 heterocycles. The number of alkyl halides is 19. The molecule has 0 spiro atoms. The van der Waals surface area contributed by atoms with E-state index in [1.165, 1.54) is 0 Å². The highest BCUT2D eigenvalue weighted by atomic mass is 19.4. The Morgan fingerprint density at radius 3 is 0.643 bits per heavy atom. The first-order valence-electron chi connectivity index (χ1n) is 5.51. The van der Waals surface area contributed by atoms with Crippen LogP contribution < -0.4 is 0 Å². The van der Waals surface area contributed by atoms with Crippen molar-refractivity contribution in [1.82, 2.24) is 4.90 Å². The van der Waals surface area contributed by atoms with Gasteiger partial charge in [0.25, 0.3) is 0 Å². The van der Waals surface area contributed by atoms with Crippen LogP contribution in [0.3, 0.4) is 0 Å². The highest BCUT2D eigenvalue weighted by Crippen LogP contribution is 2.62. The van der Waals surface area contributed by atoms with Gasteiger partial charge in [-0.3, -0.25) is 0 Å². The lowest BCUT2D eigenvalue weighted by atomic mass is 9.99. The van der Waals surface area contributed by atoms with Crippen LogP contribution in [0.25, 0.3) is 0 Å². The molecule has 0 aliphatic carbocycles. The van der Waals surface area contributed by atoms with Crippen molar-refractivity contribution >= 4 is 0 Å². The van der Waals surface area contributed by atoms with Crippen LogP contribution in [0, 0.1) is 0 Å². The molecule has 0 bridgehead atoms. The Balaban J connectivity index is 7.36. The monoisotopic (exact) mass is 471 g/mol. The van der Waals surface area contributed by atoms with E-state index in [1.807, 2.05) is 0 Å². The van der Waals surface area contributed by atoms with Gasteiger partial charge in [-0.1, -0.05) is 0 Å². The van der Waals surface area contributed by atoms with E-state index >= 15 is 0 Å². The molecule has 0 aromatic heterocycles. The highest BCUT2D eigenvalue weighted by Gasteiger charge is 2.93. The fraction of sp³-hybridized carbons (Fsp3) is 1.00. The van der Waals surface area contributed by atoms with Crippen LogP contribution in [0.4, 0.5) is 83.4 Å². The van der Waals surface area contributed by atoms with E-state index in [9.17, 15) is 83.4 Å². The Hall–Kier alpha value is -1.37. The van der Waals surface area contributed by atoms with Gasteiger partial charge in [-0.15, -0.1) is 4.90 Å². The van der Waals surface area contributed by atoms with Gasteiger partial charge in [-0.05, 0) is 0 Å². The van der Waals surface area contributed by atoms with E-state index in [4.69, 9.17) is 0 Å². The normalized spacial score (nSPS) is 16.7. The summed E-state index contributed by atoms with van der Waals surface area (Å²) in [6, 6.07) is -25.8. The van der Waals surface area contributed by atoms with E-state index < -0.39 is 53.4 Å². The van der Waals surface area contributed by atoms with Gasteiger partial charge in [-0.25, -0.2) is 4.39 Å². The molecule has 0 aliphatic rings. The standard InChI is InChI=1S/C8F19N/c9-1(2(10,11)12,3(13,14)15)6(22,23)28(7(24,25)4(16,17)18)8(26,27)5(19,20)21. The van der Waals surface area contributed by atoms with Crippen LogP contribution in [0.15, 0.2) is 0 Å². The number of halogens is 19. The molecule has 28 heavy (non-hydrogen) atoms. The Morgan fingerprint density at radius 2 is 0.500 bits per heavy atom. The number of hydrogen-bond donors (Lipinski definition) is 0.